The highest BCUT2D eigenvalue weighted by Gasteiger charge is 2.34. The number of aliphatic carboxylic acids is 1. The Labute approximate surface area is 100 Å². The Morgan fingerprint density at radius 1 is 1.18 bits per heavy atom. The summed E-state index contributed by atoms with van der Waals surface area (Å²) in [4.78, 5) is 11.5. The molecule has 3 nitrogen and oxygen atoms in total. The number of carbonyl (C=O) groups is 1. The van der Waals surface area contributed by atoms with Crippen molar-refractivity contribution < 1.29 is 9.90 Å². The topological polar surface area (TPSA) is 42.2 Å². The van der Waals surface area contributed by atoms with Gasteiger partial charge in [0.05, 0.1) is 0 Å². The minimum atomic E-state index is -0.940. The Bertz CT molecular complexity index is 490. The smallest absolute Gasteiger partial charge is 0.329 e. The third kappa shape index (κ3) is 2.23. The SMILES string of the molecule is C[C@](Cc1ccccc1)(C(=O)O)n1cccc1. The maximum atomic E-state index is 11.5. The van der Waals surface area contributed by atoms with Gasteiger partial charge in [-0.1, -0.05) is 30.3 Å². The molecule has 17 heavy (non-hydrogen) atoms. The average molecular weight is 229 g/mol. The molecule has 0 amide bonds. The fourth-order valence-corrected chi connectivity index (χ4v) is 1.93. The van der Waals surface area contributed by atoms with Gasteiger partial charge < -0.3 is 9.67 Å². The molecular weight excluding hydrogens is 214 g/mol. The fraction of sp³-hybridized carbons (Fsp3) is 0.214. The first-order valence-corrected chi connectivity index (χ1v) is 5.54. The summed E-state index contributed by atoms with van der Waals surface area (Å²) in [5.41, 5.74) is 0.0799. The molecule has 0 saturated carbocycles. The fourth-order valence-electron chi connectivity index (χ4n) is 1.93. The highest BCUT2D eigenvalue weighted by Crippen LogP contribution is 2.22. The van der Waals surface area contributed by atoms with Crippen LogP contribution in [0.25, 0.3) is 0 Å². The Hall–Kier alpha value is -2.03. The van der Waals surface area contributed by atoms with E-state index in [0.29, 0.717) is 6.42 Å². The minimum absolute atomic E-state index is 0.470. The Morgan fingerprint density at radius 2 is 1.76 bits per heavy atom. The highest BCUT2D eigenvalue weighted by molar-refractivity contribution is 5.76. The van der Waals surface area contributed by atoms with E-state index in [2.05, 4.69) is 0 Å². The molecule has 0 aliphatic carbocycles. The van der Waals surface area contributed by atoms with Gasteiger partial charge in [-0.15, -0.1) is 0 Å². The summed E-state index contributed by atoms with van der Waals surface area (Å²) < 4.78 is 1.74. The third-order valence-corrected chi connectivity index (χ3v) is 3.03. The first-order valence-electron chi connectivity index (χ1n) is 5.54. The van der Waals surface area contributed by atoms with Crippen LogP contribution in [0.4, 0.5) is 0 Å². The van der Waals surface area contributed by atoms with Crippen LogP contribution < -0.4 is 0 Å². The van der Waals surface area contributed by atoms with Crippen LogP contribution in [-0.2, 0) is 16.8 Å². The molecule has 88 valence electrons. The van der Waals surface area contributed by atoms with Crippen LogP contribution in [0.3, 0.4) is 0 Å². The van der Waals surface area contributed by atoms with Gasteiger partial charge in [0, 0.05) is 18.8 Å². The van der Waals surface area contributed by atoms with Crippen LogP contribution in [-0.4, -0.2) is 15.6 Å². The highest BCUT2D eigenvalue weighted by atomic mass is 16.4. The number of rotatable bonds is 4. The summed E-state index contributed by atoms with van der Waals surface area (Å²) in [6, 6.07) is 13.4. The van der Waals surface area contributed by atoms with Crippen molar-refractivity contribution in [1.82, 2.24) is 4.57 Å². The molecule has 1 heterocycles. The van der Waals surface area contributed by atoms with E-state index in [9.17, 15) is 9.90 Å². The third-order valence-electron chi connectivity index (χ3n) is 3.03. The summed E-state index contributed by atoms with van der Waals surface area (Å²) in [5.74, 6) is -0.822. The molecule has 1 aromatic heterocycles. The summed E-state index contributed by atoms with van der Waals surface area (Å²) in [6.07, 6.45) is 4.05. The van der Waals surface area contributed by atoms with Gasteiger partial charge in [0.15, 0.2) is 0 Å². The molecule has 0 spiro atoms. The van der Waals surface area contributed by atoms with Crippen molar-refractivity contribution >= 4 is 5.97 Å². The van der Waals surface area contributed by atoms with E-state index in [-0.39, 0.29) is 0 Å². The number of hydrogen-bond acceptors (Lipinski definition) is 1. The lowest BCUT2D eigenvalue weighted by atomic mass is 9.92. The van der Waals surface area contributed by atoms with Crippen molar-refractivity contribution in [3.05, 3.63) is 60.4 Å². The first-order chi connectivity index (χ1) is 8.13. The van der Waals surface area contributed by atoms with E-state index in [1.54, 1.807) is 23.9 Å². The largest absolute Gasteiger partial charge is 0.479 e. The van der Waals surface area contributed by atoms with Crippen molar-refractivity contribution in [2.45, 2.75) is 18.9 Å². The number of benzene rings is 1. The maximum absolute atomic E-state index is 11.5. The maximum Gasteiger partial charge on any atom is 0.329 e. The second kappa shape index (κ2) is 4.45. The van der Waals surface area contributed by atoms with Crippen molar-refractivity contribution in [1.29, 1.82) is 0 Å². The zero-order valence-corrected chi connectivity index (χ0v) is 9.71. The number of carboxylic acid groups (broad SMARTS) is 1. The number of hydrogen-bond donors (Lipinski definition) is 1. The molecular formula is C14H15NO2. The molecule has 3 heteroatoms. The second-order valence-electron chi connectivity index (χ2n) is 4.33. The van der Waals surface area contributed by atoms with Crippen LogP contribution in [0.1, 0.15) is 12.5 Å². The van der Waals surface area contributed by atoms with E-state index in [1.165, 1.54) is 0 Å². The van der Waals surface area contributed by atoms with Crippen LogP contribution in [0, 0.1) is 0 Å². The molecule has 2 rings (SSSR count). The van der Waals surface area contributed by atoms with E-state index in [0.717, 1.165) is 5.56 Å². The lowest BCUT2D eigenvalue weighted by Gasteiger charge is -2.27. The Balaban J connectivity index is 2.34. The van der Waals surface area contributed by atoms with E-state index < -0.39 is 11.5 Å². The lowest BCUT2D eigenvalue weighted by Crippen LogP contribution is -2.40. The zero-order valence-electron chi connectivity index (χ0n) is 9.71. The van der Waals surface area contributed by atoms with Crippen molar-refractivity contribution in [3.8, 4) is 0 Å². The predicted octanol–water partition coefficient (Wildman–Crippen LogP) is 2.53. The van der Waals surface area contributed by atoms with Gasteiger partial charge in [0.25, 0.3) is 0 Å². The van der Waals surface area contributed by atoms with Crippen LogP contribution in [0.2, 0.25) is 0 Å². The number of aromatic nitrogens is 1. The van der Waals surface area contributed by atoms with Crippen molar-refractivity contribution in [2.75, 3.05) is 0 Å². The Morgan fingerprint density at radius 3 is 2.29 bits per heavy atom. The van der Waals surface area contributed by atoms with Crippen LogP contribution in [0.5, 0.6) is 0 Å². The monoisotopic (exact) mass is 229 g/mol. The molecule has 0 radical (unpaired) electrons. The van der Waals surface area contributed by atoms with Crippen LogP contribution >= 0.6 is 0 Å². The van der Waals surface area contributed by atoms with Crippen molar-refractivity contribution in [3.63, 3.8) is 0 Å². The molecule has 0 fully saturated rings. The van der Waals surface area contributed by atoms with Crippen LogP contribution in [0.15, 0.2) is 54.9 Å². The minimum Gasteiger partial charge on any atom is -0.479 e. The van der Waals surface area contributed by atoms with Gasteiger partial charge in [-0.2, -0.15) is 0 Å². The van der Waals surface area contributed by atoms with Gasteiger partial charge in [0.2, 0.25) is 0 Å². The lowest BCUT2D eigenvalue weighted by molar-refractivity contribution is -0.146. The summed E-state index contributed by atoms with van der Waals surface area (Å²) >= 11 is 0. The number of carboxylic acids is 1. The first kappa shape index (κ1) is 11.5. The second-order valence-corrected chi connectivity index (χ2v) is 4.33. The average Bonchev–Trinajstić information content (AvgIpc) is 2.84. The molecule has 0 saturated heterocycles. The molecule has 1 atom stereocenters. The molecule has 1 aromatic carbocycles. The molecule has 0 aliphatic heterocycles. The van der Waals surface area contributed by atoms with Gasteiger partial charge in [-0.25, -0.2) is 4.79 Å². The predicted molar refractivity (Wildman–Crippen MR) is 65.9 cm³/mol. The van der Waals surface area contributed by atoms with Gasteiger partial charge in [-0.05, 0) is 24.6 Å². The summed E-state index contributed by atoms with van der Waals surface area (Å²) in [5, 5.41) is 9.44. The molecule has 2 aromatic rings. The molecule has 0 bridgehead atoms. The summed E-state index contributed by atoms with van der Waals surface area (Å²) in [6.45, 7) is 1.74. The zero-order chi connectivity index (χ0) is 12.3. The molecule has 0 unspecified atom stereocenters. The van der Waals surface area contributed by atoms with Crippen molar-refractivity contribution in [2.24, 2.45) is 0 Å². The normalized spacial score (nSPS) is 14.2. The van der Waals surface area contributed by atoms with Gasteiger partial charge in [0.1, 0.15) is 5.54 Å². The molecule has 0 aliphatic rings. The van der Waals surface area contributed by atoms with E-state index >= 15 is 0 Å². The van der Waals surface area contributed by atoms with Gasteiger partial charge in [-0.3, -0.25) is 0 Å². The molecule has 1 N–H and O–H groups in total. The number of nitrogens with zero attached hydrogens (tertiary/aromatic N) is 1. The quantitative estimate of drug-likeness (QED) is 0.875. The standard InChI is InChI=1S/C14H15NO2/c1-14(13(16)17,15-9-5-6-10-15)11-12-7-3-2-4-8-12/h2-10H,11H2,1H3,(H,16,17)/t14-/m0/s1. The Kier molecular flexibility index (Phi) is 3.00. The van der Waals surface area contributed by atoms with Gasteiger partial charge >= 0.3 is 5.97 Å². The van der Waals surface area contributed by atoms with E-state index in [4.69, 9.17) is 0 Å². The van der Waals surface area contributed by atoms with E-state index in [1.807, 2.05) is 42.5 Å². The summed E-state index contributed by atoms with van der Waals surface area (Å²) in [7, 11) is 0.